The Bertz CT molecular complexity index is 941. The summed E-state index contributed by atoms with van der Waals surface area (Å²) in [6, 6.07) is 14.9. The Hall–Kier alpha value is -3.19. The van der Waals surface area contributed by atoms with Gasteiger partial charge in [0.15, 0.2) is 11.5 Å². The quantitative estimate of drug-likeness (QED) is 0.586. The molecule has 2 aromatic carbocycles. The fraction of sp³-hybridized carbons (Fsp3) is 0.286. The summed E-state index contributed by atoms with van der Waals surface area (Å²) in [4.78, 5) is 24.0. The van der Waals surface area contributed by atoms with Crippen LogP contribution in [0.2, 0.25) is 0 Å². The van der Waals surface area contributed by atoms with Crippen LogP contribution in [-0.2, 0) is 0 Å². The third-order valence-electron chi connectivity index (χ3n) is 4.21. The van der Waals surface area contributed by atoms with Crippen molar-refractivity contribution in [1.29, 1.82) is 0 Å². The van der Waals surface area contributed by atoms with E-state index in [1.54, 1.807) is 7.11 Å². The molecule has 1 aromatic heterocycles. The van der Waals surface area contributed by atoms with E-state index in [0.29, 0.717) is 17.9 Å². The molecule has 1 amide bonds. The largest absolute Gasteiger partial charge is 0.497 e. The molecule has 3 aromatic rings. The molecule has 0 saturated carbocycles. The van der Waals surface area contributed by atoms with Crippen molar-refractivity contribution in [1.82, 2.24) is 20.2 Å². The van der Waals surface area contributed by atoms with E-state index in [0.717, 1.165) is 29.9 Å². The number of rotatable bonds is 8. The molecule has 146 valence electrons. The number of ether oxygens (including phenoxy) is 1. The summed E-state index contributed by atoms with van der Waals surface area (Å²) in [5, 5.41) is 6.14. The van der Waals surface area contributed by atoms with Crippen LogP contribution in [0.25, 0.3) is 11.0 Å². The highest BCUT2D eigenvalue weighted by Crippen LogP contribution is 2.23. The molecule has 0 aliphatic rings. The Balaban J connectivity index is 1.85. The van der Waals surface area contributed by atoms with Crippen LogP contribution in [0.1, 0.15) is 16.9 Å². The van der Waals surface area contributed by atoms with E-state index in [-0.39, 0.29) is 11.6 Å². The number of carbonyl (C=O) groups excluding carboxylic acids is 1. The van der Waals surface area contributed by atoms with Crippen molar-refractivity contribution in [2.75, 3.05) is 39.6 Å². The lowest BCUT2D eigenvalue weighted by Crippen LogP contribution is -2.28. The lowest BCUT2D eigenvalue weighted by atomic mass is 10.2. The van der Waals surface area contributed by atoms with Crippen molar-refractivity contribution in [3.05, 3.63) is 54.2 Å². The number of para-hydroxylation sites is 2. The number of nitrogens with zero attached hydrogens (tertiary/aromatic N) is 3. The molecule has 28 heavy (non-hydrogen) atoms. The number of fused-ring (bicyclic) bond motifs is 1. The predicted molar refractivity (Wildman–Crippen MR) is 111 cm³/mol. The molecule has 3 rings (SSSR count). The van der Waals surface area contributed by atoms with Crippen LogP contribution in [0, 0.1) is 0 Å². The zero-order chi connectivity index (χ0) is 19.9. The fourth-order valence-corrected chi connectivity index (χ4v) is 2.74. The maximum Gasteiger partial charge on any atom is 0.273 e. The molecule has 7 heteroatoms. The van der Waals surface area contributed by atoms with Crippen LogP contribution in [-0.4, -0.2) is 55.1 Å². The molecule has 0 atom stereocenters. The lowest BCUT2D eigenvalue weighted by molar-refractivity contribution is 0.0948. The summed E-state index contributed by atoms with van der Waals surface area (Å²) in [6.07, 6.45) is 0.862. The molecule has 1 heterocycles. The van der Waals surface area contributed by atoms with Crippen molar-refractivity contribution in [3.63, 3.8) is 0 Å². The molecule has 0 aliphatic carbocycles. The molecule has 0 spiro atoms. The first-order valence-electron chi connectivity index (χ1n) is 9.17. The number of hydrogen-bond donors (Lipinski definition) is 2. The normalized spacial score (nSPS) is 10.9. The van der Waals surface area contributed by atoms with Gasteiger partial charge in [-0.05, 0) is 63.5 Å². The summed E-state index contributed by atoms with van der Waals surface area (Å²) in [5.41, 5.74) is 2.48. The topological polar surface area (TPSA) is 79.4 Å². The first-order valence-corrected chi connectivity index (χ1v) is 9.17. The predicted octanol–water partition coefficient (Wildman–Crippen LogP) is 3.06. The molecule has 0 saturated heterocycles. The molecule has 0 radical (unpaired) electrons. The van der Waals surface area contributed by atoms with Crippen molar-refractivity contribution in [2.45, 2.75) is 6.42 Å². The van der Waals surface area contributed by atoms with Crippen LogP contribution in [0.4, 0.5) is 11.5 Å². The van der Waals surface area contributed by atoms with Crippen molar-refractivity contribution >= 4 is 28.4 Å². The molecule has 7 nitrogen and oxygen atoms in total. The highest BCUT2D eigenvalue weighted by molar-refractivity contribution is 5.99. The van der Waals surface area contributed by atoms with Gasteiger partial charge in [0.25, 0.3) is 5.91 Å². The minimum absolute atomic E-state index is 0.243. The maximum absolute atomic E-state index is 12.8. The zero-order valence-electron chi connectivity index (χ0n) is 16.4. The van der Waals surface area contributed by atoms with E-state index in [1.807, 2.05) is 62.6 Å². The minimum atomic E-state index is -0.243. The second-order valence-corrected chi connectivity index (χ2v) is 6.68. The summed E-state index contributed by atoms with van der Waals surface area (Å²) >= 11 is 0. The Labute approximate surface area is 164 Å². The van der Waals surface area contributed by atoms with Crippen molar-refractivity contribution < 1.29 is 9.53 Å². The Kier molecular flexibility index (Phi) is 6.39. The maximum atomic E-state index is 12.8. The average Bonchev–Trinajstić information content (AvgIpc) is 2.71. The van der Waals surface area contributed by atoms with Gasteiger partial charge in [-0.3, -0.25) is 4.79 Å². The average molecular weight is 379 g/mol. The van der Waals surface area contributed by atoms with Crippen LogP contribution < -0.4 is 15.4 Å². The molecule has 0 fully saturated rings. The number of anilines is 2. The van der Waals surface area contributed by atoms with Crippen LogP contribution >= 0.6 is 0 Å². The van der Waals surface area contributed by atoms with E-state index in [2.05, 4.69) is 25.5 Å². The van der Waals surface area contributed by atoms with Gasteiger partial charge in [0.1, 0.15) is 5.75 Å². The molecular formula is C21H25N5O2. The van der Waals surface area contributed by atoms with Gasteiger partial charge in [-0.25, -0.2) is 9.97 Å². The number of methoxy groups -OCH3 is 1. The van der Waals surface area contributed by atoms with Gasteiger partial charge in [-0.15, -0.1) is 0 Å². The summed E-state index contributed by atoms with van der Waals surface area (Å²) in [5.74, 6) is 0.941. The third-order valence-corrected chi connectivity index (χ3v) is 4.21. The lowest BCUT2D eigenvalue weighted by Gasteiger charge is -2.13. The first kappa shape index (κ1) is 19.6. The van der Waals surface area contributed by atoms with Crippen LogP contribution in [0.5, 0.6) is 5.75 Å². The summed E-state index contributed by atoms with van der Waals surface area (Å²) < 4.78 is 5.19. The molecule has 0 unspecified atom stereocenters. The summed E-state index contributed by atoms with van der Waals surface area (Å²) in [6.45, 7) is 1.48. The summed E-state index contributed by atoms with van der Waals surface area (Å²) in [7, 11) is 5.64. The second kappa shape index (κ2) is 9.14. The molecule has 0 bridgehead atoms. The number of aromatic nitrogens is 2. The monoisotopic (exact) mass is 379 g/mol. The van der Waals surface area contributed by atoms with Gasteiger partial charge in [0, 0.05) is 12.2 Å². The molecule has 2 N–H and O–H groups in total. The molecular weight excluding hydrogens is 354 g/mol. The van der Waals surface area contributed by atoms with Gasteiger partial charge in [-0.2, -0.15) is 0 Å². The van der Waals surface area contributed by atoms with E-state index < -0.39 is 0 Å². The standard InChI is InChI=1S/C21H25N5O2/c1-26(2)14-6-13-22-21(27)19-20(23-15-9-11-16(28-3)12-10-15)25-18-8-5-4-7-17(18)24-19/h4-5,7-12H,6,13-14H2,1-3H3,(H,22,27)(H,23,25). The first-order chi connectivity index (χ1) is 13.6. The highest BCUT2D eigenvalue weighted by Gasteiger charge is 2.16. The van der Waals surface area contributed by atoms with Crippen LogP contribution in [0.3, 0.4) is 0 Å². The Morgan fingerprint density at radius 1 is 1.04 bits per heavy atom. The third kappa shape index (κ3) is 4.95. The highest BCUT2D eigenvalue weighted by atomic mass is 16.5. The SMILES string of the molecule is COc1ccc(Nc2nc3ccccc3nc2C(=O)NCCCN(C)C)cc1. The molecule has 0 aliphatic heterocycles. The smallest absolute Gasteiger partial charge is 0.273 e. The zero-order valence-corrected chi connectivity index (χ0v) is 16.4. The number of nitrogens with one attached hydrogen (secondary N) is 2. The number of hydrogen-bond acceptors (Lipinski definition) is 6. The number of amides is 1. The van der Waals surface area contributed by atoms with Crippen molar-refractivity contribution in [2.24, 2.45) is 0 Å². The van der Waals surface area contributed by atoms with E-state index >= 15 is 0 Å². The van der Waals surface area contributed by atoms with Gasteiger partial charge in [0.2, 0.25) is 0 Å². The minimum Gasteiger partial charge on any atom is -0.497 e. The fourth-order valence-electron chi connectivity index (χ4n) is 2.74. The van der Waals surface area contributed by atoms with E-state index in [9.17, 15) is 4.79 Å². The number of benzene rings is 2. The number of carbonyl (C=O) groups is 1. The van der Waals surface area contributed by atoms with E-state index in [1.165, 1.54) is 0 Å². The van der Waals surface area contributed by atoms with Gasteiger partial charge in [-0.1, -0.05) is 12.1 Å². The second-order valence-electron chi connectivity index (χ2n) is 6.68. The van der Waals surface area contributed by atoms with Gasteiger partial charge < -0.3 is 20.3 Å². The Morgan fingerprint density at radius 3 is 2.36 bits per heavy atom. The van der Waals surface area contributed by atoms with Crippen molar-refractivity contribution in [3.8, 4) is 5.75 Å². The van der Waals surface area contributed by atoms with Gasteiger partial charge in [0.05, 0.1) is 18.1 Å². The Morgan fingerprint density at radius 2 is 1.71 bits per heavy atom. The van der Waals surface area contributed by atoms with Gasteiger partial charge >= 0.3 is 0 Å². The van der Waals surface area contributed by atoms with E-state index in [4.69, 9.17) is 4.74 Å². The van der Waals surface area contributed by atoms with Crippen LogP contribution in [0.15, 0.2) is 48.5 Å².